The number of urea groups is 1. The van der Waals surface area contributed by atoms with Gasteiger partial charge in [-0.3, -0.25) is 4.79 Å². The fourth-order valence-corrected chi connectivity index (χ4v) is 2.05. The Morgan fingerprint density at radius 2 is 1.32 bits per heavy atom. The Kier molecular flexibility index (Phi) is 5.16. The van der Waals surface area contributed by atoms with Crippen molar-refractivity contribution < 1.29 is 9.59 Å². The Labute approximate surface area is 137 Å². The first-order valence-electron chi connectivity index (χ1n) is 6.61. The van der Waals surface area contributed by atoms with Gasteiger partial charge in [0.2, 0.25) is 0 Å². The van der Waals surface area contributed by atoms with Crippen LogP contribution in [0, 0.1) is 0 Å². The van der Waals surface area contributed by atoms with Crippen molar-refractivity contribution in [3.63, 3.8) is 0 Å². The van der Waals surface area contributed by atoms with Gasteiger partial charge in [0.15, 0.2) is 0 Å². The third-order valence-electron chi connectivity index (χ3n) is 2.90. The lowest BCUT2D eigenvalue weighted by Gasteiger charge is -2.11. The molecule has 0 aromatic heterocycles. The molecule has 6 heteroatoms. The van der Waals surface area contributed by atoms with Crippen molar-refractivity contribution in [2.45, 2.75) is 0 Å². The number of nitrogens with zero attached hydrogens (tertiary/aromatic N) is 1. The molecule has 0 saturated heterocycles. The van der Waals surface area contributed by atoms with E-state index in [1.165, 1.54) is 4.90 Å². The fourth-order valence-electron chi connectivity index (χ4n) is 1.78. The molecule has 0 bridgehead atoms. The molecule has 2 N–H and O–H groups in total. The number of rotatable bonds is 3. The van der Waals surface area contributed by atoms with Crippen LogP contribution >= 0.6 is 15.9 Å². The number of carbonyl (C=O) groups excluding carboxylic acids is 2. The molecule has 3 amide bonds. The average molecular weight is 362 g/mol. The quantitative estimate of drug-likeness (QED) is 0.873. The smallest absolute Gasteiger partial charge is 0.323 e. The second-order valence-electron chi connectivity index (χ2n) is 4.86. The van der Waals surface area contributed by atoms with Crippen molar-refractivity contribution in [1.82, 2.24) is 4.90 Å². The lowest BCUT2D eigenvalue weighted by molar-refractivity contribution is 0.0827. The van der Waals surface area contributed by atoms with Crippen molar-refractivity contribution in [1.29, 1.82) is 0 Å². The van der Waals surface area contributed by atoms with Gasteiger partial charge in [-0.15, -0.1) is 0 Å². The molecule has 0 aliphatic rings. The van der Waals surface area contributed by atoms with Crippen molar-refractivity contribution in [2.75, 3.05) is 24.7 Å². The Morgan fingerprint density at radius 1 is 0.864 bits per heavy atom. The maximum Gasteiger partial charge on any atom is 0.323 e. The van der Waals surface area contributed by atoms with Gasteiger partial charge in [-0.1, -0.05) is 15.9 Å². The van der Waals surface area contributed by atoms with E-state index in [9.17, 15) is 9.59 Å². The van der Waals surface area contributed by atoms with Gasteiger partial charge in [0.1, 0.15) is 0 Å². The van der Waals surface area contributed by atoms with Crippen LogP contribution in [0.1, 0.15) is 10.4 Å². The molecule has 0 aliphatic heterocycles. The summed E-state index contributed by atoms with van der Waals surface area (Å²) < 4.78 is 0.944. The van der Waals surface area contributed by atoms with Gasteiger partial charge in [0.05, 0.1) is 0 Å². The van der Waals surface area contributed by atoms with Crippen LogP contribution in [0.5, 0.6) is 0 Å². The van der Waals surface area contributed by atoms with E-state index in [2.05, 4.69) is 26.6 Å². The Bertz CT molecular complexity index is 667. The maximum absolute atomic E-state index is 11.9. The first kappa shape index (κ1) is 16.0. The summed E-state index contributed by atoms with van der Waals surface area (Å²) in [6, 6.07) is 13.7. The number of amides is 3. The number of nitrogens with one attached hydrogen (secondary N) is 2. The molecule has 2 aromatic carbocycles. The summed E-state index contributed by atoms with van der Waals surface area (Å²) in [5.74, 6) is -0.0779. The molecular weight excluding hydrogens is 346 g/mol. The molecule has 2 aromatic rings. The molecule has 0 fully saturated rings. The first-order valence-corrected chi connectivity index (χ1v) is 7.40. The lowest BCUT2D eigenvalue weighted by Crippen LogP contribution is -2.22. The van der Waals surface area contributed by atoms with Crippen LogP contribution in [-0.4, -0.2) is 30.9 Å². The predicted octanol–water partition coefficient (Wildman–Crippen LogP) is 3.79. The van der Waals surface area contributed by atoms with Crippen LogP contribution < -0.4 is 10.6 Å². The van der Waals surface area contributed by atoms with Gasteiger partial charge in [0, 0.05) is 35.5 Å². The molecule has 0 aliphatic carbocycles. The van der Waals surface area contributed by atoms with E-state index >= 15 is 0 Å². The van der Waals surface area contributed by atoms with Crippen molar-refractivity contribution >= 4 is 39.2 Å². The molecule has 114 valence electrons. The summed E-state index contributed by atoms with van der Waals surface area (Å²) in [6.45, 7) is 0. The first-order chi connectivity index (χ1) is 10.5. The summed E-state index contributed by atoms with van der Waals surface area (Å²) in [7, 11) is 3.39. The maximum atomic E-state index is 11.9. The summed E-state index contributed by atoms with van der Waals surface area (Å²) >= 11 is 3.33. The zero-order valence-electron chi connectivity index (χ0n) is 12.3. The van der Waals surface area contributed by atoms with E-state index in [0.29, 0.717) is 16.9 Å². The van der Waals surface area contributed by atoms with Crippen molar-refractivity contribution in [3.8, 4) is 0 Å². The zero-order valence-corrected chi connectivity index (χ0v) is 13.8. The summed E-state index contributed by atoms with van der Waals surface area (Å²) in [5, 5.41) is 5.44. The Balaban J connectivity index is 1.97. The highest BCUT2D eigenvalue weighted by atomic mass is 79.9. The van der Waals surface area contributed by atoms with Gasteiger partial charge in [-0.05, 0) is 48.5 Å². The standard InChI is InChI=1S/C16H16BrN3O2/c1-20(2)15(21)11-3-7-13(8-4-11)18-16(22)19-14-9-5-12(17)6-10-14/h3-10H,1-2H3,(H2,18,19,22). The van der Waals surface area contributed by atoms with E-state index in [0.717, 1.165) is 4.47 Å². The van der Waals surface area contributed by atoms with Crippen LogP contribution in [0.25, 0.3) is 0 Å². The largest absolute Gasteiger partial charge is 0.345 e. The van der Waals surface area contributed by atoms with Gasteiger partial charge in [-0.2, -0.15) is 0 Å². The van der Waals surface area contributed by atoms with E-state index < -0.39 is 0 Å². The third-order valence-corrected chi connectivity index (χ3v) is 3.43. The second-order valence-corrected chi connectivity index (χ2v) is 5.78. The Hall–Kier alpha value is -2.34. The highest BCUT2D eigenvalue weighted by Crippen LogP contribution is 2.15. The summed E-state index contributed by atoms with van der Waals surface area (Å²) in [4.78, 5) is 25.2. The number of carbonyl (C=O) groups is 2. The fraction of sp³-hybridized carbons (Fsp3) is 0.125. The van der Waals surface area contributed by atoms with Gasteiger partial charge < -0.3 is 15.5 Å². The van der Waals surface area contributed by atoms with Gasteiger partial charge in [0.25, 0.3) is 5.91 Å². The lowest BCUT2D eigenvalue weighted by atomic mass is 10.2. The van der Waals surface area contributed by atoms with E-state index in [1.807, 2.05) is 12.1 Å². The minimum absolute atomic E-state index is 0.0779. The van der Waals surface area contributed by atoms with Crippen LogP contribution in [0.2, 0.25) is 0 Å². The molecule has 22 heavy (non-hydrogen) atoms. The predicted molar refractivity (Wildman–Crippen MR) is 91.2 cm³/mol. The summed E-state index contributed by atoms with van der Waals surface area (Å²) in [5.41, 5.74) is 1.88. The molecule has 0 heterocycles. The van der Waals surface area contributed by atoms with Crippen LogP contribution in [0.4, 0.5) is 16.2 Å². The number of anilines is 2. The molecule has 0 unspecified atom stereocenters. The third kappa shape index (κ3) is 4.33. The highest BCUT2D eigenvalue weighted by Gasteiger charge is 2.08. The zero-order chi connectivity index (χ0) is 16.1. The van der Waals surface area contributed by atoms with Crippen molar-refractivity contribution in [2.24, 2.45) is 0 Å². The number of hydrogen-bond acceptors (Lipinski definition) is 2. The molecule has 5 nitrogen and oxygen atoms in total. The topological polar surface area (TPSA) is 61.4 Å². The second kappa shape index (κ2) is 7.09. The number of hydrogen-bond donors (Lipinski definition) is 2. The van der Waals surface area contributed by atoms with Gasteiger partial charge in [-0.25, -0.2) is 4.79 Å². The normalized spacial score (nSPS) is 9.95. The van der Waals surface area contributed by atoms with E-state index in [4.69, 9.17) is 0 Å². The average Bonchev–Trinajstić information content (AvgIpc) is 2.49. The monoisotopic (exact) mass is 361 g/mol. The molecule has 0 radical (unpaired) electrons. The molecule has 2 rings (SSSR count). The minimum Gasteiger partial charge on any atom is -0.345 e. The molecular formula is C16H16BrN3O2. The highest BCUT2D eigenvalue weighted by molar-refractivity contribution is 9.10. The van der Waals surface area contributed by atoms with E-state index in [1.54, 1.807) is 50.5 Å². The Morgan fingerprint density at radius 3 is 1.77 bits per heavy atom. The molecule has 0 saturated carbocycles. The van der Waals surface area contributed by atoms with Crippen LogP contribution in [0.3, 0.4) is 0 Å². The van der Waals surface area contributed by atoms with Crippen molar-refractivity contribution in [3.05, 3.63) is 58.6 Å². The minimum atomic E-state index is -0.339. The molecule has 0 atom stereocenters. The number of halogens is 1. The molecule has 0 spiro atoms. The van der Waals surface area contributed by atoms with Crippen LogP contribution in [-0.2, 0) is 0 Å². The van der Waals surface area contributed by atoms with Gasteiger partial charge >= 0.3 is 6.03 Å². The van der Waals surface area contributed by atoms with Crippen LogP contribution in [0.15, 0.2) is 53.0 Å². The summed E-state index contributed by atoms with van der Waals surface area (Å²) in [6.07, 6.45) is 0. The number of benzene rings is 2. The SMILES string of the molecule is CN(C)C(=O)c1ccc(NC(=O)Nc2ccc(Br)cc2)cc1. The van der Waals surface area contributed by atoms with E-state index in [-0.39, 0.29) is 11.9 Å².